The molecule has 0 atom stereocenters. The molecule has 1 heterocycles. The van der Waals surface area contributed by atoms with Gasteiger partial charge in [0.1, 0.15) is 0 Å². The lowest BCUT2D eigenvalue weighted by molar-refractivity contribution is -0.127. The van der Waals surface area contributed by atoms with Gasteiger partial charge in [0.2, 0.25) is 11.8 Å². The molecule has 1 fully saturated rings. The van der Waals surface area contributed by atoms with Gasteiger partial charge in [0.25, 0.3) is 5.22 Å². The molecular weight excluding hydrogens is 286 g/mol. The van der Waals surface area contributed by atoms with Gasteiger partial charge in [0, 0.05) is 19.5 Å². The van der Waals surface area contributed by atoms with Crippen molar-refractivity contribution in [1.82, 2.24) is 15.1 Å². The Morgan fingerprint density at radius 1 is 1.33 bits per heavy atom. The van der Waals surface area contributed by atoms with Gasteiger partial charge in [-0.15, -0.1) is 10.2 Å². The lowest BCUT2D eigenvalue weighted by Crippen LogP contribution is -2.27. The number of thioether (sulfide) groups is 1. The third-order valence-corrected chi connectivity index (χ3v) is 4.16. The molecule has 5 nitrogen and oxygen atoms in total. The SMILES string of the molecule is CN(Cc1ccccc1)C(=O)CSc1nnc(C2CC2)o1. The van der Waals surface area contributed by atoms with E-state index in [1.807, 2.05) is 30.3 Å². The van der Waals surface area contributed by atoms with Gasteiger partial charge in [-0.2, -0.15) is 0 Å². The van der Waals surface area contributed by atoms with Gasteiger partial charge in [-0.25, -0.2) is 0 Å². The Bertz CT molecular complexity index is 610. The zero-order valence-electron chi connectivity index (χ0n) is 11.9. The largest absolute Gasteiger partial charge is 0.416 e. The number of amides is 1. The van der Waals surface area contributed by atoms with E-state index in [1.54, 1.807) is 11.9 Å². The van der Waals surface area contributed by atoms with E-state index >= 15 is 0 Å². The van der Waals surface area contributed by atoms with E-state index < -0.39 is 0 Å². The summed E-state index contributed by atoms with van der Waals surface area (Å²) in [5, 5.41) is 8.46. The molecule has 2 aromatic rings. The number of hydrogen-bond acceptors (Lipinski definition) is 5. The summed E-state index contributed by atoms with van der Waals surface area (Å²) in [5.41, 5.74) is 1.12. The van der Waals surface area contributed by atoms with Crippen molar-refractivity contribution in [2.24, 2.45) is 0 Å². The van der Waals surface area contributed by atoms with Crippen LogP contribution in [0.5, 0.6) is 0 Å². The Morgan fingerprint density at radius 3 is 2.81 bits per heavy atom. The van der Waals surface area contributed by atoms with Crippen LogP contribution >= 0.6 is 11.8 Å². The van der Waals surface area contributed by atoms with E-state index in [1.165, 1.54) is 11.8 Å². The molecule has 0 bridgehead atoms. The average Bonchev–Trinajstić information content (AvgIpc) is 3.25. The van der Waals surface area contributed by atoms with Crippen LogP contribution in [-0.2, 0) is 11.3 Å². The number of hydrogen-bond donors (Lipinski definition) is 0. The van der Waals surface area contributed by atoms with Gasteiger partial charge in [0.15, 0.2) is 0 Å². The predicted molar refractivity (Wildman–Crippen MR) is 79.9 cm³/mol. The van der Waals surface area contributed by atoms with Crippen molar-refractivity contribution < 1.29 is 9.21 Å². The lowest BCUT2D eigenvalue weighted by atomic mass is 10.2. The molecule has 0 spiro atoms. The van der Waals surface area contributed by atoms with E-state index in [2.05, 4.69) is 10.2 Å². The van der Waals surface area contributed by atoms with Crippen LogP contribution in [0.3, 0.4) is 0 Å². The number of rotatable bonds is 6. The van der Waals surface area contributed by atoms with Crippen molar-refractivity contribution in [2.75, 3.05) is 12.8 Å². The Labute approximate surface area is 127 Å². The first kappa shape index (κ1) is 14.1. The van der Waals surface area contributed by atoms with E-state index in [0.29, 0.717) is 29.3 Å². The summed E-state index contributed by atoms with van der Waals surface area (Å²) in [6, 6.07) is 9.93. The minimum Gasteiger partial charge on any atom is -0.416 e. The fourth-order valence-corrected chi connectivity index (χ4v) is 2.66. The second kappa shape index (κ2) is 6.30. The number of aromatic nitrogens is 2. The topological polar surface area (TPSA) is 59.2 Å². The first-order valence-electron chi connectivity index (χ1n) is 6.96. The third-order valence-electron chi connectivity index (χ3n) is 3.36. The van der Waals surface area contributed by atoms with E-state index in [0.717, 1.165) is 18.4 Å². The fourth-order valence-electron chi connectivity index (χ4n) is 1.95. The second-order valence-corrected chi connectivity index (χ2v) is 6.13. The van der Waals surface area contributed by atoms with Crippen LogP contribution in [-0.4, -0.2) is 33.8 Å². The normalized spacial score (nSPS) is 14.1. The quantitative estimate of drug-likeness (QED) is 0.768. The zero-order valence-corrected chi connectivity index (χ0v) is 12.7. The van der Waals surface area contributed by atoms with Crippen LogP contribution in [0.4, 0.5) is 0 Å². The molecule has 0 radical (unpaired) electrons. The molecule has 0 N–H and O–H groups in total. The zero-order chi connectivity index (χ0) is 14.7. The molecule has 110 valence electrons. The highest BCUT2D eigenvalue weighted by Crippen LogP contribution is 2.39. The molecule has 1 aromatic heterocycles. The molecule has 1 amide bonds. The van der Waals surface area contributed by atoms with E-state index in [-0.39, 0.29) is 5.91 Å². The smallest absolute Gasteiger partial charge is 0.277 e. The second-order valence-electron chi connectivity index (χ2n) is 5.20. The van der Waals surface area contributed by atoms with Crippen LogP contribution in [0, 0.1) is 0 Å². The molecule has 0 saturated heterocycles. The minimum atomic E-state index is 0.0509. The molecule has 1 aliphatic rings. The Morgan fingerprint density at radius 2 is 2.10 bits per heavy atom. The Kier molecular flexibility index (Phi) is 4.24. The lowest BCUT2D eigenvalue weighted by Gasteiger charge is -2.16. The van der Waals surface area contributed by atoms with E-state index in [9.17, 15) is 4.79 Å². The predicted octanol–water partition coefficient (Wildman–Crippen LogP) is 2.70. The van der Waals surface area contributed by atoms with Crippen molar-refractivity contribution in [3.63, 3.8) is 0 Å². The minimum absolute atomic E-state index is 0.0509. The number of carbonyl (C=O) groups excluding carboxylic acids is 1. The summed E-state index contributed by atoms with van der Waals surface area (Å²) >= 11 is 1.30. The number of nitrogens with zero attached hydrogens (tertiary/aromatic N) is 3. The summed E-state index contributed by atoms with van der Waals surface area (Å²) < 4.78 is 5.53. The van der Waals surface area contributed by atoms with Gasteiger partial charge < -0.3 is 9.32 Å². The highest BCUT2D eigenvalue weighted by Gasteiger charge is 2.29. The van der Waals surface area contributed by atoms with Crippen LogP contribution in [0.25, 0.3) is 0 Å². The summed E-state index contributed by atoms with van der Waals surface area (Å²) in [6.07, 6.45) is 2.26. The summed E-state index contributed by atoms with van der Waals surface area (Å²) in [5.74, 6) is 1.52. The maximum absolute atomic E-state index is 12.1. The van der Waals surface area contributed by atoms with Crippen molar-refractivity contribution in [3.8, 4) is 0 Å². The molecule has 3 rings (SSSR count). The van der Waals surface area contributed by atoms with Gasteiger partial charge in [0.05, 0.1) is 5.75 Å². The molecule has 21 heavy (non-hydrogen) atoms. The molecule has 1 saturated carbocycles. The third kappa shape index (κ3) is 3.85. The van der Waals surface area contributed by atoms with Gasteiger partial charge in [-0.1, -0.05) is 42.1 Å². The Balaban J connectivity index is 1.48. The van der Waals surface area contributed by atoms with Crippen molar-refractivity contribution >= 4 is 17.7 Å². The molecule has 1 aromatic carbocycles. The van der Waals surface area contributed by atoms with Gasteiger partial charge in [-0.05, 0) is 18.4 Å². The fraction of sp³-hybridized carbons (Fsp3) is 0.400. The van der Waals surface area contributed by atoms with Crippen molar-refractivity contribution in [1.29, 1.82) is 0 Å². The monoisotopic (exact) mass is 303 g/mol. The maximum atomic E-state index is 12.1. The first-order chi connectivity index (χ1) is 10.2. The molecular formula is C15H17N3O2S. The number of carbonyl (C=O) groups is 1. The molecule has 0 aliphatic heterocycles. The maximum Gasteiger partial charge on any atom is 0.277 e. The Hall–Kier alpha value is -1.82. The van der Waals surface area contributed by atoms with Crippen LogP contribution in [0.15, 0.2) is 40.0 Å². The standard InChI is InChI=1S/C15H17N3O2S/c1-18(9-11-5-3-2-4-6-11)13(19)10-21-15-17-16-14(20-15)12-7-8-12/h2-6,12H,7-10H2,1H3. The van der Waals surface area contributed by atoms with Crippen LogP contribution < -0.4 is 0 Å². The molecule has 1 aliphatic carbocycles. The van der Waals surface area contributed by atoms with Crippen molar-refractivity contribution in [3.05, 3.63) is 41.8 Å². The highest BCUT2D eigenvalue weighted by molar-refractivity contribution is 7.99. The summed E-state index contributed by atoms with van der Waals surface area (Å²) in [7, 11) is 1.80. The highest BCUT2D eigenvalue weighted by atomic mass is 32.2. The van der Waals surface area contributed by atoms with Crippen molar-refractivity contribution in [2.45, 2.75) is 30.5 Å². The van der Waals surface area contributed by atoms with Gasteiger partial charge >= 0.3 is 0 Å². The molecule has 0 unspecified atom stereocenters. The average molecular weight is 303 g/mol. The number of benzene rings is 1. The van der Waals surface area contributed by atoms with Gasteiger partial charge in [-0.3, -0.25) is 4.79 Å². The summed E-state index contributed by atoms with van der Waals surface area (Å²) in [6.45, 7) is 0.609. The molecule has 6 heteroatoms. The van der Waals surface area contributed by atoms with E-state index in [4.69, 9.17) is 4.42 Å². The van der Waals surface area contributed by atoms with Crippen LogP contribution in [0.2, 0.25) is 0 Å². The van der Waals surface area contributed by atoms with Crippen LogP contribution in [0.1, 0.15) is 30.2 Å². The summed E-state index contributed by atoms with van der Waals surface area (Å²) in [4.78, 5) is 13.8. The first-order valence-corrected chi connectivity index (χ1v) is 7.95.